The maximum absolute atomic E-state index is 12.7. The number of hydrogen-bond acceptors (Lipinski definition) is 3. The minimum Gasteiger partial charge on any atom is -0.335 e. The smallest absolute Gasteiger partial charge is 0.253 e. The predicted molar refractivity (Wildman–Crippen MR) is 103 cm³/mol. The summed E-state index contributed by atoms with van der Waals surface area (Å²) in [6, 6.07) is 11.1. The van der Waals surface area contributed by atoms with Gasteiger partial charge >= 0.3 is 0 Å². The van der Waals surface area contributed by atoms with E-state index in [9.17, 15) is 4.79 Å². The first-order valence-electron chi connectivity index (χ1n) is 9.71. The number of piperidine rings is 1. The molecule has 5 heteroatoms. The molecule has 4 rings (SSSR count). The molecule has 0 saturated carbocycles. The Labute approximate surface area is 155 Å². The summed E-state index contributed by atoms with van der Waals surface area (Å²) in [5.74, 6) is 0.144. The van der Waals surface area contributed by atoms with Gasteiger partial charge in [0.25, 0.3) is 5.91 Å². The summed E-state index contributed by atoms with van der Waals surface area (Å²) in [6.07, 6.45) is 3.93. The topological polar surface area (TPSA) is 41.4 Å². The van der Waals surface area contributed by atoms with Crippen LogP contribution in [0.3, 0.4) is 0 Å². The first-order valence-corrected chi connectivity index (χ1v) is 9.71. The molecule has 0 spiro atoms. The number of likely N-dealkylation sites (tertiary alicyclic amines) is 2. The fourth-order valence-corrected chi connectivity index (χ4v) is 4.31. The number of amides is 1. The standard InChI is InChI=1S/C21H28N4O/c1-15-12-17(3)25(22-15)19-9-7-18(8-10-19)21(26)23-13-20(14-23)24-11-5-4-6-16(24)2/h7-10,12,16,20H,4-6,11,13-14H2,1-3H3/t16-/m0/s1. The molecule has 2 aromatic rings. The predicted octanol–water partition coefficient (Wildman–Crippen LogP) is 3.19. The summed E-state index contributed by atoms with van der Waals surface area (Å²) in [7, 11) is 0. The molecule has 1 amide bonds. The van der Waals surface area contributed by atoms with Crippen molar-refractivity contribution in [3.05, 3.63) is 47.3 Å². The minimum absolute atomic E-state index is 0.144. The van der Waals surface area contributed by atoms with Crippen LogP contribution >= 0.6 is 0 Å². The van der Waals surface area contributed by atoms with Crippen molar-refractivity contribution in [2.45, 2.75) is 52.1 Å². The number of nitrogens with zero attached hydrogens (tertiary/aromatic N) is 4. The third kappa shape index (κ3) is 3.16. The van der Waals surface area contributed by atoms with Crippen LogP contribution in [0.5, 0.6) is 0 Å². The zero-order chi connectivity index (χ0) is 18.3. The van der Waals surface area contributed by atoms with Crippen LogP contribution in [-0.2, 0) is 0 Å². The van der Waals surface area contributed by atoms with Crippen molar-refractivity contribution in [2.24, 2.45) is 0 Å². The van der Waals surface area contributed by atoms with Crippen molar-refractivity contribution in [1.29, 1.82) is 0 Å². The summed E-state index contributed by atoms with van der Waals surface area (Å²) in [4.78, 5) is 17.3. The number of carbonyl (C=O) groups excluding carboxylic acids is 1. The molecule has 0 unspecified atom stereocenters. The van der Waals surface area contributed by atoms with E-state index in [0.29, 0.717) is 12.1 Å². The van der Waals surface area contributed by atoms with Gasteiger partial charge in [-0.3, -0.25) is 9.69 Å². The number of benzene rings is 1. The van der Waals surface area contributed by atoms with Gasteiger partial charge in [-0.05, 0) is 70.5 Å². The second kappa shape index (κ2) is 6.88. The lowest BCUT2D eigenvalue weighted by Crippen LogP contribution is -2.63. The lowest BCUT2D eigenvalue weighted by molar-refractivity contribution is 0.00213. The molecule has 2 fully saturated rings. The lowest BCUT2D eigenvalue weighted by atomic mass is 9.97. The van der Waals surface area contributed by atoms with Crippen LogP contribution in [-0.4, -0.2) is 57.2 Å². The fraction of sp³-hybridized carbons (Fsp3) is 0.524. The normalized spacial score (nSPS) is 21.7. The van der Waals surface area contributed by atoms with Crippen LogP contribution in [0, 0.1) is 13.8 Å². The highest BCUT2D eigenvalue weighted by molar-refractivity contribution is 5.95. The van der Waals surface area contributed by atoms with E-state index in [2.05, 4.69) is 23.0 Å². The molecular formula is C21H28N4O. The van der Waals surface area contributed by atoms with Crippen LogP contribution < -0.4 is 0 Å². The third-order valence-electron chi connectivity index (χ3n) is 5.84. The quantitative estimate of drug-likeness (QED) is 0.852. The van der Waals surface area contributed by atoms with Crippen molar-refractivity contribution in [2.75, 3.05) is 19.6 Å². The van der Waals surface area contributed by atoms with E-state index in [4.69, 9.17) is 0 Å². The Kier molecular flexibility index (Phi) is 4.57. The molecule has 2 aliphatic heterocycles. The fourth-order valence-electron chi connectivity index (χ4n) is 4.31. The first-order chi connectivity index (χ1) is 12.5. The van der Waals surface area contributed by atoms with E-state index in [1.807, 2.05) is 47.7 Å². The van der Waals surface area contributed by atoms with E-state index in [1.165, 1.54) is 25.8 Å². The Morgan fingerprint density at radius 3 is 2.46 bits per heavy atom. The zero-order valence-electron chi connectivity index (χ0n) is 16.0. The Morgan fingerprint density at radius 1 is 1.12 bits per heavy atom. The van der Waals surface area contributed by atoms with E-state index in [0.717, 1.165) is 35.7 Å². The number of rotatable bonds is 3. The van der Waals surface area contributed by atoms with Crippen LogP contribution in [0.15, 0.2) is 30.3 Å². The first kappa shape index (κ1) is 17.3. The van der Waals surface area contributed by atoms with Gasteiger partial charge in [0, 0.05) is 36.4 Å². The van der Waals surface area contributed by atoms with E-state index < -0.39 is 0 Å². The monoisotopic (exact) mass is 352 g/mol. The number of aryl methyl sites for hydroxylation is 2. The van der Waals surface area contributed by atoms with Gasteiger partial charge in [-0.2, -0.15) is 5.10 Å². The number of hydrogen-bond donors (Lipinski definition) is 0. The SMILES string of the molecule is Cc1cc(C)n(-c2ccc(C(=O)N3CC(N4CCCC[C@@H]4C)C3)cc2)n1. The highest BCUT2D eigenvalue weighted by Crippen LogP contribution is 2.25. The molecule has 1 atom stereocenters. The Morgan fingerprint density at radius 2 is 1.85 bits per heavy atom. The van der Waals surface area contributed by atoms with Gasteiger partial charge in [0.1, 0.15) is 0 Å². The van der Waals surface area contributed by atoms with Crippen molar-refractivity contribution in [3.8, 4) is 5.69 Å². The highest BCUT2D eigenvalue weighted by Gasteiger charge is 2.37. The van der Waals surface area contributed by atoms with Crippen LogP contribution in [0.1, 0.15) is 47.9 Å². The van der Waals surface area contributed by atoms with E-state index in [1.54, 1.807) is 0 Å². The summed E-state index contributed by atoms with van der Waals surface area (Å²) in [6.45, 7) is 9.27. The molecule has 0 bridgehead atoms. The molecule has 0 radical (unpaired) electrons. The molecule has 26 heavy (non-hydrogen) atoms. The molecule has 0 aliphatic carbocycles. The molecule has 2 saturated heterocycles. The zero-order valence-corrected chi connectivity index (χ0v) is 16.0. The Hall–Kier alpha value is -2.14. The van der Waals surface area contributed by atoms with Crippen LogP contribution in [0.25, 0.3) is 5.69 Å². The van der Waals surface area contributed by atoms with Crippen molar-refractivity contribution in [1.82, 2.24) is 19.6 Å². The third-order valence-corrected chi connectivity index (χ3v) is 5.84. The highest BCUT2D eigenvalue weighted by atomic mass is 16.2. The average molecular weight is 352 g/mol. The molecule has 3 heterocycles. The van der Waals surface area contributed by atoms with Gasteiger partial charge in [0.15, 0.2) is 0 Å². The second-order valence-electron chi connectivity index (χ2n) is 7.83. The molecule has 1 aromatic carbocycles. The Bertz CT molecular complexity index is 789. The molecule has 5 nitrogen and oxygen atoms in total. The largest absolute Gasteiger partial charge is 0.335 e. The molecule has 0 N–H and O–H groups in total. The van der Waals surface area contributed by atoms with Gasteiger partial charge < -0.3 is 4.90 Å². The average Bonchev–Trinajstić information content (AvgIpc) is 2.93. The summed E-state index contributed by atoms with van der Waals surface area (Å²) in [5, 5.41) is 4.50. The maximum atomic E-state index is 12.7. The molecule has 2 aliphatic rings. The van der Waals surface area contributed by atoms with Crippen molar-refractivity contribution >= 4 is 5.91 Å². The summed E-state index contributed by atoms with van der Waals surface area (Å²) < 4.78 is 1.92. The maximum Gasteiger partial charge on any atom is 0.253 e. The van der Waals surface area contributed by atoms with Crippen LogP contribution in [0.2, 0.25) is 0 Å². The van der Waals surface area contributed by atoms with Crippen molar-refractivity contribution < 1.29 is 4.79 Å². The van der Waals surface area contributed by atoms with E-state index >= 15 is 0 Å². The van der Waals surface area contributed by atoms with Crippen LogP contribution in [0.4, 0.5) is 0 Å². The second-order valence-corrected chi connectivity index (χ2v) is 7.83. The molecule has 138 valence electrons. The number of carbonyl (C=O) groups is 1. The molecular weight excluding hydrogens is 324 g/mol. The van der Waals surface area contributed by atoms with E-state index in [-0.39, 0.29) is 5.91 Å². The number of aromatic nitrogens is 2. The summed E-state index contributed by atoms with van der Waals surface area (Å²) in [5.41, 5.74) is 3.86. The summed E-state index contributed by atoms with van der Waals surface area (Å²) >= 11 is 0. The van der Waals surface area contributed by atoms with Gasteiger partial charge in [-0.1, -0.05) is 6.42 Å². The van der Waals surface area contributed by atoms with Crippen molar-refractivity contribution in [3.63, 3.8) is 0 Å². The molecule has 1 aromatic heterocycles. The Balaban J connectivity index is 1.39. The minimum atomic E-state index is 0.144. The lowest BCUT2D eigenvalue weighted by Gasteiger charge is -2.49. The van der Waals surface area contributed by atoms with Gasteiger partial charge in [-0.15, -0.1) is 0 Å². The van der Waals surface area contributed by atoms with Gasteiger partial charge in [0.2, 0.25) is 0 Å². The van der Waals surface area contributed by atoms with Gasteiger partial charge in [-0.25, -0.2) is 4.68 Å². The van der Waals surface area contributed by atoms with Gasteiger partial charge in [0.05, 0.1) is 11.4 Å².